The molecule has 0 aromatic rings. The van der Waals surface area contributed by atoms with Gasteiger partial charge in [0.25, 0.3) is 0 Å². The lowest BCUT2D eigenvalue weighted by molar-refractivity contribution is -0.135. The van der Waals surface area contributed by atoms with Crippen molar-refractivity contribution in [3.8, 4) is 0 Å². The third kappa shape index (κ3) is 15.3. The van der Waals surface area contributed by atoms with Gasteiger partial charge in [0.2, 0.25) is 0 Å². The highest BCUT2D eigenvalue weighted by molar-refractivity contribution is 5.68. The van der Waals surface area contributed by atoms with Gasteiger partial charge in [-0.3, -0.25) is 4.79 Å². The number of hydrogen-bond donors (Lipinski definition) is 5. The molecule has 0 amide bonds. The van der Waals surface area contributed by atoms with Gasteiger partial charge in [-0.25, -0.2) is 0 Å². The first-order valence-electron chi connectivity index (χ1n) is 6.82. The van der Waals surface area contributed by atoms with Crippen LogP contribution in [0.4, 0.5) is 0 Å². The highest BCUT2D eigenvalue weighted by atomic mass is 16.4. The first-order chi connectivity index (χ1) is 8.77. The van der Waals surface area contributed by atoms with Crippen LogP contribution in [-0.4, -0.2) is 63.4 Å². The summed E-state index contributed by atoms with van der Waals surface area (Å²) in [5, 5.41) is 21.1. The summed E-state index contributed by atoms with van der Waals surface area (Å²) in [6.45, 7) is 8.65. The molecule has 0 heterocycles. The molecule has 6 nitrogen and oxygen atoms in total. The summed E-state index contributed by atoms with van der Waals surface area (Å²) in [6, 6.07) is 0. The van der Waals surface area contributed by atoms with Crippen molar-refractivity contribution >= 4 is 5.97 Å². The van der Waals surface area contributed by atoms with Crippen LogP contribution in [0.2, 0.25) is 0 Å². The average Bonchev–Trinajstić information content (AvgIpc) is 2.34. The molecule has 0 spiro atoms. The fourth-order valence-corrected chi connectivity index (χ4v) is 1.40. The van der Waals surface area contributed by atoms with Crippen LogP contribution in [0, 0.1) is 0 Å². The van der Waals surface area contributed by atoms with E-state index in [0.717, 1.165) is 39.3 Å². The Bertz CT molecular complexity index is 191. The highest BCUT2D eigenvalue weighted by Crippen LogP contribution is 1.80. The lowest BCUT2D eigenvalue weighted by Gasteiger charge is -2.07. The zero-order valence-corrected chi connectivity index (χ0v) is 11.4. The lowest BCUT2D eigenvalue weighted by atomic mass is 10.3. The van der Waals surface area contributed by atoms with Crippen LogP contribution in [0.1, 0.15) is 19.8 Å². The third-order valence-electron chi connectivity index (χ3n) is 2.42. The van der Waals surface area contributed by atoms with Gasteiger partial charge in [0, 0.05) is 39.3 Å². The number of rotatable bonds is 14. The molecule has 5 N–H and O–H groups in total. The topological polar surface area (TPSA) is 85.4 Å². The maximum Gasteiger partial charge on any atom is 0.317 e. The quantitative estimate of drug-likeness (QED) is 0.264. The second kappa shape index (κ2) is 14.4. The van der Waals surface area contributed by atoms with Crippen molar-refractivity contribution in [1.29, 1.82) is 0 Å². The van der Waals surface area contributed by atoms with Gasteiger partial charge in [0.15, 0.2) is 0 Å². The monoisotopic (exact) mass is 260 g/mol. The van der Waals surface area contributed by atoms with Crippen LogP contribution in [-0.2, 0) is 4.79 Å². The van der Waals surface area contributed by atoms with Gasteiger partial charge in [0.05, 0.1) is 6.54 Å². The maximum atomic E-state index is 10.2. The van der Waals surface area contributed by atoms with Crippen molar-refractivity contribution in [2.24, 2.45) is 0 Å². The Morgan fingerprint density at radius 2 is 1.28 bits per heavy atom. The number of aliphatic carboxylic acids is 1. The molecule has 0 aliphatic carbocycles. The van der Waals surface area contributed by atoms with E-state index in [9.17, 15) is 4.79 Å². The Morgan fingerprint density at radius 3 is 1.72 bits per heavy atom. The molecule has 0 fully saturated rings. The van der Waals surface area contributed by atoms with Gasteiger partial charge in [-0.15, -0.1) is 0 Å². The number of carboxylic acids is 1. The molecule has 0 aromatic carbocycles. The summed E-state index contributed by atoms with van der Waals surface area (Å²) in [5.41, 5.74) is 0. The molecule has 0 saturated carbocycles. The minimum Gasteiger partial charge on any atom is -0.480 e. The normalized spacial score (nSPS) is 10.7. The average molecular weight is 260 g/mol. The second-order valence-electron chi connectivity index (χ2n) is 4.17. The summed E-state index contributed by atoms with van der Waals surface area (Å²) >= 11 is 0. The van der Waals surface area contributed by atoms with E-state index in [2.05, 4.69) is 28.2 Å². The molecule has 108 valence electrons. The number of carboxylic acid groups (broad SMARTS) is 1. The maximum absolute atomic E-state index is 10.2. The van der Waals surface area contributed by atoms with Crippen molar-refractivity contribution in [2.45, 2.75) is 19.8 Å². The number of carbonyl (C=O) groups is 1. The Kier molecular flexibility index (Phi) is 13.8. The Labute approximate surface area is 110 Å². The van der Waals surface area contributed by atoms with Crippen molar-refractivity contribution in [3.63, 3.8) is 0 Å². The van der Waals surface area contributed by atoms with Crippen LogP contribution in [0.25, 0.3) is 0 Å². The molecule has 0 radical (unpaired) electrons. The summed E-state index contributed by atoms with van der Waals surface area (Å²) in [6.07, 6.45) is 2.48. The highest BCUT2D eigenvalue weighted by Gasteiger charge is 1.93. The number of unbranched alkanes of at least 4 members (excludes halogenated alkanes) is 1. The Hall–Kier alpha value is -0.690. The molecule has 0 aliphatic heterocycles. The molecule has 0 rings (SSSR count). The van der Waals surface area contributed by atoms with Crippen LogP contribution >= 0.6 is 0 Å². The van der Waals surface area contributed by atoms with Gasteiger partial charge in [-0.1, -0.05) is 13.3 Å². The van der Waals surface area contributed by atoms with Gasteiger partial charge < -0.3 is 26.4 Å². The predicted octanol–water partition coefficient (Wildman–Crippen LogP) is -0.770. The molecule has 0 saturated heterocycles. The van der Waals surface area contributed by atoms with Gasteiger partial charge >= 0.3 is 5.97 Å². The first kappa shape index (κ1) is 17.3. The summed E-state index contributed by atoms with van der Waals surface area (Å²) in [4.78, 5) is 10.2. The minimum absolute atomic E-state index is 0.0311. The van der Waals surface area contributed by atoms with E-state index < -0.39 is 5.97 Å². The van der Waals surface area contributed by atoms with Gasteiger partial charge in [-0.05, 0) is 13.0 Å². The van der Waals surface area contributed by atoms with E-state index in [1.807, 2.05) is 0 Å². The van der Waals surface area contributed by atoms with Crippen LogP contribution in [0.15, 0.2) is 0 Å². The SMILES string of the molecule is CCCCNCCNCCNCCNCC(=O)O. The summed E-state index contributed by atoms with van der Waals surface area (Å²) < 4.78 is 0. The van der Waals surface area contributed by atoms with E-state index >= 15 is 0 Å². The fraction of sp³-hybridized carbons (Fsp3) is 0.917. The van der Waals surface area contributed by atoms with E-state index in [1.165, 1.54) is 12.8 Å². The zero-order chi connectivity index (χ0) is 13.5. The van der Waals surface area contributed by atoms with E-state index in [4.69, 9.17) is 5.11 Å². The number of hydrogen-bond acceptors (Lipinski definition) is 5. The first-order valence-corrected chi connectivity index (χ1v) is 6.82. The Balaban J connectivity index is 2.92. The van der Waals surface area contributed by atoms with Gasteiger partial charge in [0.1, 0.15) is 0 Å². The standard InChI is InChI=1S/C12H28N4O2/c1-2-3-4-13-5-6-14-7-8-15-9-10-16-11-12(17)18/h13-16H,2-11H2,1H3,(H,17,18). The molecule has 0 aromatic heterocycles. The van der Waals surface area contributed by atoms with E-state index in [0.29, 0.717) is 6.54 Å². The predicted molar refractivity (Wildman–Crippen MR) is 74.0 cm³/mol. The van der Waals surface area contributed by atoms with E-state index in [1.54, 1.807) is 0 Å². The molecular weight excluding hydrogens is 232 g/mol. The summed E-state index contributed by atoms with van der Waals surface area (Å²) in [7, 11) is 0. The van der Waals surface area contributed by atoms with Crippen LogP contribution in [0.5, 0.6) is 0 Å². The second-order valence-corrected chi connectivity index (χ2v) is 4.17. The Morgan fingerprint density at radius 1 is 0.833 bits per heavy atom. The minimum atomic E-state index is -0.813. The lowest BCUT2D eigenvalue weighted by Crippen LogP contribution is -2.36. The van der Waals surface area contributed by atoms with Crippen molar-refractivity contribution in [3.05, 3.63) is 0 Å². The molecule has 0 aliphatic rings. The molecule has 0 bridgehead atoms. The van der Waals surface area contributed by atoms with Crippen molar-refractivity contribution < 1.29 is 9.90 Å². The smallest absolute Gasteiger partial charge is 0.317 e. The van der Waals surface area contributed by atoms with Crippen LogP contribution in [0.3, 0.4) is 0 Å². The largest absolute Gasteiger partial charge is 0.480 e. The molecule has 18 heavy (non-hydrogen) atoms. The molecule has 6 heteroatoms. The molecule has 0 unspecified atom stereocenters. The third-order valence-corrected chi connectivity index (χ3v) is 2.42. The molecule has 0 atom stereocenters. The van der Waals surface area contributed by atoms with Gasteiger partial charge in [-0.2, -0.15) is 0 Å². The summed E-state index contributed by atoms with van der Waals surface area (Å²) in [5.74, 6) is -0.813. The molecular formula is C12H28N4O2. The van der Waals surface area contributed by atoms with E-state index in [-0.39, 0.29) is 6.54 Å². The fourth-order valence-electron chi connectivity index (χ4n) is 1.40. The van der Waals surface area contributed by atoms with Crippen LogP contribution < -0.4 is 21.3 Å². The van der Waals surface area contributed by atoms with Crippen molar-refractivity contribution in [1.82, 2.24) is 21.3 Å². The zero-order valence-electron chi connectivity index (χ0n) is 11.4. The number of nitrogens with one attached hydrogen (secondary N) is 4. The van der Waals surface area contributed by atoms with Crippen molar-refractivity contribution in [2.75, 3.05) is 52.4 Å².